The van der Waals surface area contributed by atoms with Crippen LogP contribution in [0.4, 0.5) is 5.69 Å². The first-order valence-electron chi connectivity index (χ1n) is 6.47. The van der Waals surface area contributed by atoms with E-state index in [9.17, 15) is 4.79 Å². The number of hydrogen-bond acceptors (Lipinski definition) is 4. The average molecular weight is 267 g/mol. The number of carbonyl (C=O) groups excluding carboxylic acids is 1. The lowest BCUT2D eigenvalue weighted by Gasteiger charge is -2.07. The summed E-state index contributed by atoms with van der Waals surface area (Å²) in [6, 6.07) is 7.02. The van der Waals surface area contributed by atoms with Crippen LogP contribution in [0, 0.1) is 0 Å². The van der Waals surface area contributed by atoms with Gasteiger partial charge in [-0.25, -0.2) is 0 Å². The summed E-state index contributed by atoms with van der Waals surface area (Å²) in [5.74, 6) is 0.596. The maximum absolute atomic E-state index is 11.6. The van der Waals surface area contributed by atoms with Gasteiger partial charge in [-0.3, -0.25) is 4.79 Å². The molecule has 0 aromatic heterocycles. The Bertz CT molecular complexity index is 364. The number of aliphatic hydroxyl groups is 1. The minimum atomic E-state index is -0.0693. The number of carbonyl (C=O) groups is 1. The molecule has 2 N–H and O–H groups in total. The Morgan fingerprint density at radius 3 is 2.58 bits per heavy atom. The number of benzene rings is 1. The van der Waals surface area contributed by atoms with Crippen molar-refractivity contribution in [3.63, 3.8) is 0 Å². The van der Waals surface area contributed by atoms with E-state index < -0.39 is 0 Å². The van der Waals surface area contributed by atoms with Crippen LogP contribution in [0.15, 0.2) is 24.3 Å². The van der Waals surface area contributed by atoms with Crippen LogP contribution in [0.25, 0.3) is 0 Å². The highest BCUT2D eigenvalue weighted by atomic mass is 16.5. The number of hydrogen-bond donors (Lipinski definition) is 2. The molecule has 0 atom stereocenters. The lowest BCUT2D eigenvalue weighted by Crippen LogP contribution is -2.14. The Morgan fingerprint density at radius 2 is 1.95 bits per heavy atom. The molecular weight excluding hydrogens is 246 g/mol. The molecule has 0 bridgehead atoms. The number of nitrogens with one attached hydrogen (secondary N) is 1. The van der Waals surface area contributed by atoms with Gasteiger partial charge in [0.1, 0.15) is 12.4 Å². The summed E-state index contributed by atoms with van der Waals surface area (Å²) in [6.07, 6.45) is 1.31. The van der Waals surface area contributed by atoms with Gasteiger partial charge in [-0.15, -0.1) is 0 Å². The second kappa shape index (κ2) is 9.35. The fraction of sp³-hybridized carbons (Fsp3) is 0.500. The van der Waals surface area contributed by atoms with Crippen LogP contribution >= 0.6 is 0 Å². The Morgan fingerprint density at radius 1 is 1.21 bits per heavy atom. The molecule has 0 spiro atoms. The van der Waals surface area contributed by atoms with E-state index >= 15 is 0 Å². The zero-order valence-corrected chi connectivity index (χ0v) is 11.2. The van der Waals surface area contributed by atoms with Gasteiger partial charge in [0.2, 0.25) is 5.91 Å². The van der Waals surface area contributed by atoms with E-state index in [2.05, 4.69) is 5.32 Å². The zero-order chi connectivity index (χ0) is 13.9. The highest BCUT2D eigenvalue weighted by Gasteiger charge is 2.02. The highest BCUT2D eigenvalue weighted by Crippen LogP contribution is 2.15. The van der Waals surface area contributed by atoms with Gasteiger partial charge in [0.05, 0.1) is 19.6 Å². The molecule has 1 aromatic rings. The number of ether oxygens (including phenoxy) is 2. The Hall–Kier alpha value is -1.59. The largest absolute Gasteiger partial charge is 0.491 e. The Balaban J connectivity index is 2.29. The topological polar surface area (TPSA) is 67.8 Å². The van der Waals surface area contributed by atoms with E-state index in [-0.39, 0.29) is 19.1 Å². The number of aliphatic hydroxyl groups excluding tert-OH is 1. The van der Waals surface area contributed by atoms with Gasteiger partial charge in [-0.1, -0.05) is 6.92 Å². The van der Waals surface area contributed by atoms with Crippen LogP contribution in [-0.2, 0) is 9.53 Å². The van der Waals surface area contributed by atoms with Crippen molar-refractivity contribution in [2.45, 2.75) is 19.8 Å². The summed E-state index contributed by atoms with van der Waals surface area (Å²) in [5.41, 5.74) is 0.719. The first-order valence-corrected chi connectivity index (χ1v) is 6.47. The normalized spacial score (nSPS) is 10.2. The van der Waals surface area contributed by atoms with E-state index in [1.165, 1.54) is 0 Å². The van der Waals surface area contributed by atoms with Crippen molar-refractivity contribution in [3.05, 3.63) is 24.3 Å². The third-order valence-electron chi connectivity index (χ3n) is 2.32. The van der Waals surface area contributed by atoms with Crippen LogP contribution in [0.3, 0.4) is 0 Å². The Labute approximate surface area is 113 Å². The molecule has 0 radical (unpaired) electrons. The summed E-state index contributed by atoms with van der Waals surface area (Å²) in [7, 11) is 0. The van der Waals surface area contributed by atoms with Gasteiger partial charge in [0.25, 0.3) is 0 Å². The summed E-state index contributed by atoms with van der Waals surface area (Å²) in [6.45, 7) is 3.40. The number of anilines is 1. The van der Waals surface area contributed by atoms with E-state index in [1.807, 2.05) is 6.92 Å². The lowest BCUT2D eigenvalue weighted by molar-refractivity contribution is -0.117. The van der Waals surface area contributed by atoms with Gasteiger partial charge in [-0.2, -0.15) is 0 Å². The average Bonchev–Trinajstić information content (AvgIpc) is 2.43. The monoisotopic (exact) mass is 267 g/mol. The van der Waals surface area contributed by atoms with Crippen LogP contribution in [0.5, 0.6) is 5.75 Å². The zero-order valence-electron chi connectivity index (χ0n) is 11.2. The minimum Gasteiger partial charge on any atom is -0.491 e. The molecule has 0 heterocycles. The molecular formula is C14H21NO4. The molecule has 19 heavy (non-hydrogen) atoms. The van der Waals surface area contributed by atoms with Crippen molar-refractivity contribution < 1.29 is 19.4 Å². The molecule has 0 aliphatic heterocycles. The van der Waals surface area contributed by atoms with Gasteiger partial charge >= 0.3 is 0 Å². The summed E-state index contributed by atoms with van der Waals surface area (Å²) in [4.78, 5) is 11.6. The van der Waals surface area contributed by atoms with E-state index in [0.717, 1.165) is 12.1 Å². The van der Waals surface area contributed by atoms with Crippen molar-refractivity contribution in [3.8, 4) is 5.75 Å². The second-order valence-electron chi connectivity index (χ2n) is 4.01. The van der Waals surface area contributed by atoms with Crippen LogP contribution in [0.2, 0.25) is 0 Å². The maximum atomic E-state index is 11.6. The molecule has 0 unspecified atom stereocenters. The second-order valence-corrected chi connectivity index (χ2v) is 4.01. The minimum absolute atomic E-state index is 0.0176. The SMILES string of the molecule is CCCOCCC(=O)Nc1ccc(OCCO)cc1. The quantitative estimate of drug-likeness (QED) is 0.670. The van der Waals surface area contributed by atoms with Gasteiger partial charge in [0.15, 0.2) is 0 Å². The third kappa shape index (κ3) is 6.79. The molecule has 1 amide bonds. The van der Waals surface area contributed by atoms with Crippen molar-refractivity contribution in [2.75, 3.05) is 31.7 Å². The molecule has 0 saturated carbocycles. The summed E-state index contributed by atoms with van der Waals surface area (Å²) >= 11 is 0. The standard InChI is InChI=1S/C14H21NO4/c1-2-9-18-10-7-14(17)15-12-3-5-13(6-4-12)19-11-8-16/h3-6,16H,2,7-11H2,1H3,(H,15,17). The predicted octanol–water partition coefficient (Wildman–Crippen LogP) is 1.81. The van der Waals surface area contributed by atoms with Gasteiger partial charge in [-0.05, 0) is 30.7 Å². The van der Waals surface area contributed by atoms with Crippen molar-refractivity contribution in [1.82, 2.24) is 0 Å². The van der Waals surface area contributed by atoms with Crippen molar-refractivity contribution in [1.29, 1.82) is 0 Å². The molecule has 5 nitrogen and oxygen atoms in total. The summed E-state index contributed by atoms with van der Waals surface area (Å²) < 4.78 is 10.5. The molecule has 1 aromatic carbocycles. The first kappa shape index (κ1) is 15.5. The molecule has 0 fully saturated rings. The predicted molar refractivity (Wildman–Crippen MR) is 73.4 cm³/mol. The lowest BCUT2D eigenvalue weighted by atomic mass is 10.3. The fourth-order valence-electron chi connectivity index (χ4n) is 1.43. The van der Waals surface area contributed by atoms with Gasteiger partial charge in [0, 0.05) is 12.3 Å². The number of rotatable bonds is 9. The van der Waals surface area contributed by atoms with Crippen LogP contribution in [0.1, 0.15) is 19.8 Å². The van der Waals surface area contributed by atoms with E-state index in [0.29, 0.717) is 25.4 Å². The van der Waals surface area contributed by atoms with E-state index in [1.54, 1.807) is 24.3 Å². The maximum Gasteiger partial charge on any atom is 0.226 e. The molecule has 1 rings (SSSR count). The molecule has 0 saturated heterocycles. The van der Waals surface area contributed by atoms with Crippen molar-refractivity contribution >= 4 is 11.6 Å². The third-order valence-corrected chi connectivity index (χ3v) is 2.32. The first-order chi connectivity index (χ1) is 9.26. The van der Waals surface area contributed by atoms with Gasteiger partial charge < -0.3 is 19.9 Å². The molecule has 0 aliphatic rings. The number of amides is 1. The van der Waals surface area contributed by atoms with Crippen molar-refractivity contribution in [2.24, 2.45) is 0 Å². The van der Waals surface area contributed by atoms with Crippen LogP contribution < -0.4 is 10.1 Å². The fourth-order valence-corrected chi connectivity index (χ4v) is 1.43. The summed E-state index contributed by atoms with van der Waals surface area (Å²) in [5, 5.41) is 11.4. The molecule has 106 valence electrons. The highest BCUT2D eigenvalue weighted by molar-refractivity contribution is 5.90. The molecule has 5 heteroatoms. The van der Waals surface area contributed by atoms with Crippen LogP contribution in [-0.4, -0.2) is 37.4 Å². The molecule has 0 aliphatic carbocycles. The Kier molecular flexibility index (Phi) is 7.62. The van der Waals surface area contributed by atoms with E-state index in [4.69, 9.17) is 14.6 Å². The smallest absolute Gasteiger partial charge is 0.226 e.